The van der Waals surface area contributed by atoms with Gasteiger partial charge in [0, 0.05) is 12.4 Å². The average molecular weight is 191 g/mol. The first-order valence-corrected chi connectivity index (χ1v) is 4.33. The molecule has 0 N–H and O–H groups in total. The minimum absolute atomic E-state index is 0.129. The van der Waals surface area contributed by atoms with Crippen LogP contribution in [0.4, 0.5) is 0 Å². The lowest BCUT2D eigenvalue weighted by Gasteiger charge is -2.04. The minimum Gasteiger partial charge on any atom is -0.393 e. The third-order valence-corrected chi connectivity index (χ3v) is 2.17. The Bertz CT molecular complexity index is 400. The van der Waals surface area contributed by atoms with Crippen LogP contribution in [0.2, 0.25) is 0 Å². The topological polar surface area (TPSA) is 56.3 Å². The molecule has 2 heterocycles. The van der Waals surface area contributed by atoms with Crippen LogP contribution in [0.25, 0.3) is 0 Å². The van der Waals surface area contributed by atoms with Crippen molar-refractivity contribution in [2.24, 2.45) is 0 Å². The van der Waals surface area contributed by atoms with E-state index in [2.05, 4.69) is 9.72 Å². The maximum Gasteiger partial charge on any atom is 0.321 e. The van der Waals surface area contributed by atoms with Crippen LogP contribution in [-0.2, 0) is 14.3 Å². The number of ether oxygens (including phenoxy) is 1. The summed E-state index contributed by atoms with van der Waals surface area (Å²) in [7, 11) is 0. The van der Waals surface area contributed by atoms with E-state index in [9.17, 15) is 9.59 Å². The quantitative estimate of drug-likeness (QED) is 0.489. The van der Waals surface area contributed by atoms with Gasteiger partial charge in [-0.3, -0.25) is 14.6 Å². The molecular formula is C10H9NO3. The van der Waals surface area contributed by atoms with Gasteiger partial charge < -0.3 is 4.74 Å². The van der Waals surface area contributed by atoms with E-state index >= 15 is 0 Å². The SMILES string of the molecule is Cc1cncc(C2CC(=O)OC2=O)c1. The number of nitrogens with zero attached hydrogens (tertiary/aromatic N) is 1. The molecule has 4 heteroatoms. The Balaban J connectivity index is 2.31. The summed E-state index contributed by atoms with van der Waals surface area (Å²) < 4.78 is 4.46. The molecule has 0 saturated carbocycles. The molecule has 1 saturated heterocycles. The van der Waals surface area contributed by atoms with Crippen LogP contribution in [0.3, 0.4) is 0 Å². The lowest BCUT2D eigenvalue weighted by molar-refractivity contribution is -0.152. The van der Waals surface area contributed by atoms with Crippen molar-refractivity contribution < 1.29 is 14.3 Å². The van der Waals surface area contributed by atoms with E-state index in [0.717, 1.165) is 11.1 Å². The number of carbonyl (C=O) groups excluding carboxylic acids is 2. The molecule has 0 bridgehead atoms. The van der Waals surface area contributed by atoms with Crippen molar-refractivity contribution in [3.63, 3.8) is 0 Å². The summed E-state index contributed by atoms with van der Waals surface area (Å²) >= 11 is 0. The van der Waals surface area contributed by atoms with Gasteiger partial charge in [0.2, 0.25) is 0 Å². The third-order valence-electron chi connectivity index (χ3n) is 2.17. The first-order chi connectivity index (χ1) is 6.66. The molecule has 4 nitrogen and oxygen atoms in total. The van der Waals surface area contributed by atoms with Crippen molar-refractivity contribution in [3.05, 3.63) is 29.6 Å². The van der Waals surface area contributed by atoms with E-state index in [1.807, 2.05) is 13.0 Å². The van der Waals surface area contributed by atoms with Crippen molar-refractivity contribution in [3.8, 4) is 0 Å². The van der Waals surface area contributed by atoms with Gasteiger partial charge in [0.25, 0.3) is 0 Å². The molecule has 0 spiro atoms. The van der Waals surface area contributed by atoms with Gasteiger partial charge in [-0.05, 0) is 18.1 Å². The number of rotatable bonds is 1. The van der Waals surface area contributed by atoms with E-state index in [0.29, 0.717) is 0 Å². The third kappa shape index (κ3) is 1.51. The number of aryl methyl sites for hydroxylation is 1. The molecule has 0 amide bonds. The lowest BCUT2D eigenvalue weighted by atomic mass is 9.99. The monoisotopic (exact) mass is 191 g/mol. The maximum absolute atomic E-state index is 11.2. The molecule has 0 radical (unpaired) electrons. The van der Waals surface area contributed by atoms with Gasteiger partial charge in [-0.15, -0.1) is 0 Å². The van der Waals surface area contributed by atoms with Gasteiger partial charge in [-0.2, -0.15) is 0 Å². The Morgan fingerprint density at radius 2 is 2.21 bits per heavy atom. The summed E-state index contributed by atoms with van der Waals surface area (Å²) in [6.07, 6.45) is 3.42. The Morgan fingerprint density at radius 3 is 2.79 bits per heavy atom. The van der Waals surface area contributed by atoms with Crippen molar-refractivity contribution >= 4 is 11.9 Å². The second kappa shape index (κ2) is 3.21. The highest BCUT2D eigenvalue weighted by molar-refractivity contribution is 5.97. The van der Waals surface area contributed by atoms with Crippen molar-refractivity contribution in [2.45, 2.75) is 19.3 Å². The molecule has 1 aliphatic rings. The highest BCUT2D eigenvalue weighted by Crippen LogP contribution is 2.27. The fraction of sp³-hybridized carbons (Fsp3) is 0.300. The van der Waals surface area contributed by atoms with E-state index in [1.54, 1.807) is 12.4 Å². The van der Waals surface area contributed by atoms with E-state index in [-0.39, 0.29) is 6.42 Å². The molecule has 0 aromatic carbocycles. The average Bonchev–Trinajstić information content (AvgIpc) is 2.45. The molecule has 0 aliphatic carbocycles. The summed E-state index contributed by atoms with van der Waals surface area (Å²) in [5.74, 6) is -1.39. The Morgan fingerprint density at radius 1 is 1.43 bits per heavy atom. The summed E-state index contributed by atoms with van der Waals surface area (Å²) in [5, 5.41) is 0. The molecule has 1 fully saturated rings. The molecule has 1 aliphatic heterocycles. The first-order valence-electron chi connectivity index (χ1n) is 4.33. The van der Waals surface area contributed by atoms with Crippen LogP contribution in [0.1, 0.15) is 23.5 Å². The molecule has 14 heavy (non-hydrogen) atoms. The van der Waals surface area contributed by atoms with Crippen LogP contribution in [-0.4, -0.2) is 16.9 Å². The number of pyridine rings is 1. The van der Waals surface area contributed by atoms with Gasteiger partial charge in [-0.25, -0.2) is 0 Å². The predicted molar refractivity (Wildman–Crippen MR) is 47.4 cm³/mol. The zero-order valence-corrected chi connectivity index (χ0v) is 7.69. The number of cyclic esters (lactones) is 2. The largest absolute Gasteiger partial charge is 0.393 e. The van der Waals surface area contributed by atoms with Crippen LogP contribution < -0.4 is 0 Å². The second-order valence-electron chi connectivity index (χ2n) is 3.35. The Labute approximate surface area is 80.9 Å². The first kappa shape index (κ1) is 8.87. The fourth-order valence-corrected chi connectivity index (χ4v) is 1.50. The molecule has 2 rings (SSSR count). The van der Waals surface area contributed by atoms with E-state index in [1.165, 1.54) is 0 Å². The van der Waals surface area contributed by atoms with E-state index in [4.69, 9.17) is 0 Å². The fourth-order valence-electron chi connectivity index (χ4n) is 1.50. The van der Waals surface area contributed by atoms with Crippen LogP contribution in [0.15, 0.2) is 18.5 Å². The number of hydrogen-bond acceptors (Lipinski definition) is 4. The van der Waals surface area contributed by atoms with Crippen LogP contribution in [0, 0.1) is 6.92 Å². The van der Waals surface area contributed by atoms with Gasteiger partial charge in [0.1, 0.15) is 0 Å². The second-order valence-corrected chi connectivity index (χ2v) is 3.35. The minimum atomic E-state index is -0.470. The van der Waals surface area contributed by atoms with Gasteiger partial charge in [0.05, 0.1) is 12.3 Å². The zero-order chi connectivity index (χ0) is 10.1. The molecule has 72 valence electrons. The van der Waals surface area contributed by atoms with Crippen molar-refractivity contribution in [1.82, 2.24) is 4.98 Å². The Hall–Kier alpha value is -1.71. The van der Waals surface area contributed by atoms with E-state index < -0.39 is 17.9 Å². The number of aromatic nitrogens is 1. The molecule has 1 aromatic heterocycles. The molecular weight excluding hydrogens is 182 g/mol. The molecule has 1 aromatic rings. The van der Waals surface area contributed by atoms with Gasteiger partial charge in [-0.1, -0.05) is 6.07 Å². The van der Waals surface area contributed by atoms with Crippen molar-refractivity contribution in [1.29, 1.82) is 0 Å². The zero-order valence-electron chi connectivity index (χ0n) is 7.69. The number of hydrogen-bond donors (Lipinski definition) is 0. The highest BCUT2D eigenvalue weighted by atomic mass is 16.6. The summed E-state index contributed by atoms with van der Waals surface area (Å²) in [6, 6.07) is 1.84. The van der Waals surface area contributed by atoms with Crippen LogP contribution in [0.5, 0.6) is 0 Å². The number of carbonyl (C=O) groups is 2. The maximum atomic E-state index is 11.2. The predicted octanol–water partition coefficient (Wildman–Crippen LogP) is 0.947. The number of esters is 2. The van der Waals surface area contributed by atoms with Crippen LogP contribution >= 0.6 is 0 Å². The molecule has 1 unspecified atom stereocenters. The van der Waals surface area contributed by atoms with Crippen molar-refractivity contribution in [2.75, 3.05) is 0 Å². The smallest absolute Gasteiger partial charge is 0.321 e. The summed E-state index contributed by atoms with van der Waals surface area (Å²) in [5.41, 5.74) is 1.72. The Kier molecular flexibility index (Phi) is 2.04. The summed E-state index contributed by atoms with van der Waals surface area (Å²) in [6.45, 7) is 1.89. The standard InChI is InChI=1S/C10H9NO3/c1-6-2-7(5-11-4-6)8-3-9(12)14-10(8)13/h2,4-5,8H,3H2,1H3. The van der Waals surface area contributed by atoms with Gasteiger partial charge >= 0.3 is 11.9 Å². The van der Waals surface area contributed by atoms with Gasteiger partial charge in [0.15, 0.2) is 0 Å². The highest BCUT2D eigenvalue weighted by Gasteiger charge is 2.34. The summed E-state index contributed by atoms with van der Waals surface area (Å²) in [4.78, 5) is 26.1. The molecule has 1 atom stereocenters. The lowest BCUT2D eigenvalue weighted by Crippen LogP contribution is -2.06. The normalized spacial score (nSPS) is 21.1.